The van der Waals surface area contributed by atoms with E-state index < -0.39 is 0 Å². The Kier molecular flexibility index (Phi) is 6.01. The van der Waals surface area contributed by atoms with Crippen LogP contribution in [-0.2, 0) is 11.3 Å². The minimum atomic E-state index is -0.0643. The van der Waals surface area contributed by atoms with E-state index in [1.54, 1.807) is 18.3 Å². The van der Waals surface area contributed by atoms with Crippen LogP contribution >= 0.6 is 0 Å². The molecule has 1 amide bonds. The van der Waals surface area contributed by atoms with Gasteiger partial charge in [-0.2, -0.15) is 0 Å². The minimum Gasteiger partial charge on any atom is -0.491 e. The van der Waals surface area contributed by atoms with Crippen LogP contribution in [0.5, 0.6) is 5.75 Å². The zero-order valence-electron chi connectivity index (χ0n) is 14.6. The Hall–Kier alpha value is -2.40. The number of carbonyl (C=O) groups excluding carboxylic acids is 1. The van der Waals surface area contributed by atoms with Gasteiger partial charge in [-0.25, -0.2) is 4.98 Å². The summed E-state index contributed by atoms with van der Waals surface area (Å²) in [6, 6.07) is 13.7. The van der Waals surface area contributed by atoms with E-state index in [1.165, 1.54) is 5.56 Å². The lowest BCUT2D eigenvalue weighted by atomic mass is 10.1. The molecule has 5 nitrogen and oxygen atoms in total. The molecule has 1 aromatic heterocycles. The van der Waals surface area contributed by atoms with Gasteiger partial charge in [-0.05, 0) is 37.5 Å². The van der Waals surface area contributed by atoms with Crippen molar-refractivity contribution >= 4 is 5.91 Å². The average Bonchev–Trinajstić information content (AvgIpc) is 2.68. The molecule has 1 aromatic carbocycles. The maximum Gasteiger partial charge on any atom is 0.276 e. The van der Waals surface area contributed by atoms with Crippen molar-refractivity contribution in [3.05, 3.63) is 59.9 Å². The Bertz CT molecular complexity index is 682. The van der Waals surface area contributed by atoms with Gasteiger partial charge in [-0.1, -0.05) is 30.3 Å². The first kappa shape index (κ1) is 17.4. The van der Waals surface area contributed by atoms with E-state index >= 15 is 0 Å². The van der Waals surface area contributed by atoms with E-state index in [9.17, 15) is 4.79 Å². The molecule has 0 atom stereocenters. The highest BCUT2D eigenvalue weighted by Gasteiger charge is 2.26. The fourth-order valence-corrected chi connectivity index (χ4v) is 2.99. The number of carbonyl (C=O) groups is 1. The van der Waals surface area contributed by atoms with Crippen LogP contribution in [0.15, 0.2) is 48.7 Å². The molecule has 0 aliphatic carbocycles. The number of rotatable bonds is 6. The van der Waals surface area contributed by atoms with Crippen LogP contribution in [-0.4, -0.2) is 41.6 Å². The van der Waals surface area contributed by atoms with Crippen molar-refractivity contribution in [3.8, 4) is 5.75 Å². The van der Waals surface area contributed by atoms with Crippen LogP contribution in [0, 0.1) is 0 Å². The predicted molar refractivity (Wildman–Crippen MR) is 95.6 cm³/mol. The summed E-state index contributed by atoms with van der Waals surface area (Å²) in [6.07, 6.45) is 3.51. The maximum absolute atomic E-state index is 12.7. The normalized spacial score (nSPS) is 15.2. The molecule has 5 heteroatoms. The molecule has 0 unspecified atom stereocenters. The van der Waals surface area contributed by atoms with E-state index in [0.29, 0.717) is 37.7 Å². The molecular weight excluding hydrogens is 316 g/mol. The molecule has 1 aliphatic rings. The molecule has 2 heterocycles. The minimum absolute atomic E-state index is 0.0643. The van der Waals surface area contributed by atoms with E-state index in [0.717, 1.165) is 12.8 Å². The second kappa shape index (κ2) is 8.62. The summed E-state index contributed by atoms with van der Waals surface area (Å²) >= 11 is 0. The van der Waals surface area contributed by atoms with Crippen molar-refractivity contribution in [3.63, 3.8) is 0 Å². The standard InChI is InChI=1S/C20H24N2O3/c1-2-24-18-9-6-12-21-19(18)20(23)22-13-10-17(11-14-22)25-15-16-7-4-3-5-8-16/h3-9,12,17H,2,10-11,13-15H2,1H3. The van der Waals surface area contributed by atoms with Gasteiger partial charge < -0.3 is 14.4 Å². The summed E-state index contributed by atoms with van der Waals surface area (Å²) in [4.78, 5) is 18.8. The van der Waals surface area contributed by atoms with Crippen molar-refractivity contribution in [2.24, 2.45) is 0 Å². The molecule has 0 N–H and O–H groups in total. The molecule has 0 bridgehead atoms. The summed E-state index contributed by atoms with van der Waals surface area (Å²) in [5, 5.41) is 0. The number of hydrogen-bond donors (Lipinski definition) is 0. The third kappa shape index (κ3) is 4.57. The SMILES string of the molecule is CCOc1cccnc1C(=O)N1CCC(OCc2ccccc2)CC1. The Morgan fingerprint density at radius 2 is 1.92 bits per heavy atom. The number of amides is 1. The summed E-state index contributed by atoms with van der Waals surface area (Å²) < 4.78 is 11.5. The largest absolute Gasteiger partial charge is 0.491 e. The Morgan fingerprint density at radius 1 is 1.16 bits per heavy atom. The fraction of sp³-hybridized carbons (Fsp3) is 0.400. The summed E-state index contributed by atoms with van der Waals surface area (Å²) in [7, 11) is 0. The first-order chi connectivity index (χ1) is 12.3. The Morgan fingerprint density at radius 3 is 2.64 bits per heavy atom. The molecule has 132 valence electrons. The third-order valence-electron chi connectivity index (χ3n) is 4.33. The number of piperidine rings is 1. The van der Waals surface area contributed by atoms with Gasteiger partial charge >= 0.3 is 0 Å². The van der Waals surface area contributed by atoms with Crippen molar-refractivity contribution in [1.29, 1.82) is 0 Å². The fourth-order valence-electron chi connectivity index (χ4n) is 2.99. The quantitative estimate of drug-likeness (QED) is 0.810. The van der Waals surface area contributed by atoms with Crippen molar-refractivity contribution in [2.75, 3.05) is 19.7 Å². The zero-order valence-corrected chi connectivity index (χ0v) is 14.6. The first-order valence-corrected chi connectivity index (χ1v) is 8.80. The molecule has 2 aromatic rings. The Labute approximate surface area is 148 Å². The molecule has 25 heavy (non-hydrogen) atoms. The number of aromatic nitrogens is 1. The molecule has 0 radical (unpaired) electrons. The first-order valence-electron chi connectivity index (χ1n) is 8.80. The third-order valence-corrected chi connectivity index (χ3v) is 4.33. The van der Waals surface area contributed by atoms with Gasteiger partial charge in [0.25, 0.3) is 5.91 Å². The second-order valence-corrected chi connectivity index (χ2v) is 6.07. The van der Waals surface area contributed by atoms with Gasteiger partial charge in [-0.3, -0.25) is 4.79 Å². The molecular formula is C20H24N2O3. The number of hydrogen-bond acceptors (Lipinski definition) is 4. The van der Waals surface area contributed by atoms with Crippen LogP contribution in [0.2, 0.25) is 0 Å². The smallest absolute Gasteiger partial charge is 0.276 e. The van der Waals surface area contributed by atoms with Crippen molar-refractivity contribution < 1.29 is 14.3 Å². The highest BCUT2D eigenvalue weighted by atomic mass is 16.5. The number of ether oxygens (including phenoxy) is 2. The van der Waals surface area contributed by atoms with Crippen LogP contribution in [0.25, 0.3) is 0 Å². The molecule has 0 saturated carbocycles. The van der Waals surface area contributed by atoms with Gasteiger partial charge in [0, 0.05) is 19.3 Å². The van der Waals surface area contributed by atoms with Crippen LogP contribution in [0.1, 0.15) is 35.8 Å². The summed E-state index contributed by atoms with van der Waals surface area (Å²) in [5.41, 5.74) is 1.57. The van der Waals surface area contributed by atoms with Crippen LogP contribution in [0.3, 0.4) is 0 Å². The van der Waals surface area contributed by atoms with E-state index in [1.807, 2.05) is 30.0 Å². The van der Waals surface area contributed by atoms with Crippen molar-refractivity contribution in [1.82, 2.24) is 9.88 Å². The van der Waals surface area contributed by atoms with Gasteiger partial charge in [0.2, 0.25) is 0 Å². The average molecular weight is 340 g/mol. The lowest BCUT2D eigenvalue weighted by molar-refractivity contribution is -0.000580. The summed E-state index contributed by atoms with van der Waals surface area (Å²) in [6.45, 7) is 4.40. The number of benzene rings is 1. The second-order valence-electron chi connectivity index (χ2n) is 6.07. The monoisotopic (exact) mass is 340 g/mol. The lowest BCUT2D eigenvalue weighted by Crippen LogP contribution is -2.41. The van der Waals surface area contributed by atoms with Gasteiger partial charge in [0.1, 0.15) is 0 Å². The number of nitrogens with zero attached hydrogens (tertiary/aromatic N) is 2. The van der Waals surface area contributed by atoms with Gasteiger partial charge in [-0.15, -0.1) is 0 Å². The van der Waals surface area contributed by atoms with Crippen LogP contribution < -0.4 is 4.74 Å². The van der Waals surface area contributed by atoms with E-state index in [4.69, 9.17) is 9.47 Å². The topological polar surface area (TPSA) is 51.7 Å². The van der Waals surface area contributed by atoms with Crippen LogP contribution in [0.4, 0.5) is 0 Å². The number of pyridine rings is 1. The van der Waals surface area contributed by atoms with E-state index in [-0.39, 0.29) is 12.0 Å². The maximum atomic E-state index is 12.7. The Balaban J connectivity index is 1.53. The zero-order chi connectivity index (χ0) is 17.5. The number of likely N-dealkylation sites (tertiary alicyclic amines) is 1. The lowest BCUT2D eigenvalue weighted by Gasteiger charge is -2.32. The molecule has 1 saturated heterocycles. The molecule has 3 rings (SSSR count). The molecule has 0 spiro atoms. The highest BCUT2D eigenvalue weighted by Crippen LogP contribution is 2.21. The molecule has 1 fully saturated rings. The molecule has 1 aliphatic heterocycles. The van der Waals surface area contributed by atoms with E-state index in [2.05, 4.69) is 17.1 Å². The highest BCUT2D eigenvalue weighted by molar-refractivity contribution is 5.95. The van der Waals surface area contributed by atoms with Gasteiger partial charge in [0.15, 0.2) is 11.4 Å². The summed E-state index contributed by atoms with van der Waals surface area (Å²) in [5.74, 6) is 0.489. The predicted octanol–water partition coefficient (Wildman–Crippen LogP) is 3.30. The van der Waals surface area contributed by atoms with Crippen molar-refractivity contribution in [2.45, 2.75) is 32.5 Å². The van der Waals surface area contributed by atoms with Gasteiger partial charge in [0.05, 0.1) is 19.3 Å².